The number of thiocarbonyl (C=S) groups is 1. The van der Waals surface area contributed by atoms with Gasteiger partial charge in [-0.3, -0.25) is 10.1 Å². The minimum absolute atomic E-state index is 0.0449. The van der Waals surface area contributed by atoms with Gasteiger partial charge in [-0.1, -0.05) is 6.07 Å². The van der Waals surface area contributed by atoms with Crippen molar-refractivity contribution in [2.24, 2.45) is 0 Å². The molecule has 0 unspecified atom stereocenters. The van der Waals surface area contributed by atoms with Crippen LogP contribution in [0.3, 0.4) is 0 Å². The molecule has 1 amide bonds. The summed E-state index contributed by atoms with van der Waals surface area (Å²) in [6.07, 6.45) is 1.72. The normalized spacial score (nSPS) is 10.3. The van der Waals surface area contributed by atoms with Gasteiger partial charge in [0.05, 0.1) is 6.10 Å². The number of carbonyl (C=O) groups excluding carboxylic acids is 1. The summed E-state index contributed by atoms with van der Waals surface area (Å²) in [6.45, 7) is 5.82. The number of rotatable bonds is 4. The molecule has 0 radical (unpaired) electrons. The number of nitrogens with one attached hydrogen (secondary N) is 2. The monoisotopic (exact) mass is 329 g/mol. The molecule has 5 nitrogen and oxygen atoms in total. The lowest BCUT2D eigenvalue weighted by molar-refractivity contribution is 0.0977. The molecule has 0 saturated carbocycles. The lowest BCUT2D eigenvalue weighted by Gasteiger charge is -2.12. The van der Waals surface area contributed by atoms with Crippen LogP contribution in [0.2, 0.25) is 0 Å². The second-order valence-corrected chi connectivity index (χ2v) is 5.73. The molecule has 0 saturated heterocycles. The zero-order valence-electron chi connectivity index (χ0n) is 13.3. The topological polar surface area (TPSA) is 63.2 Å². The van der Waals surface area contributed by atoms with E-state index in [0.717, 1.165) is 5.56 Å². The number of hydrogen-bond donors (Lipinski definition) is 2. The van der Waals surface area contributed by atoms with Gasteiger partial charge >= 0.3 is 0 Å². The summed E-state index contributed by atoms with van der Waals surface area (Å²) in [4.78, 5) is 16.4. The van der Waals surface area contributed by atoms with Crippen LogP contribution < -0.4 is 15.4 Å². The predicted molar refractivity (Wildman–Crippen MR) is 94.9 cm³/mol. The highest BCUT2D eigenvalue weighted by Gasteiger charge is 2.10. The predicted octanol–water partition coefficient (Wildman–Crippen LogP) is 3.30. The second kappa shape index (κ2) is 7.69. The Hall–Kier alpha value is -2.47. The summed E-state index contributed by atoms with van der Waals surface area (Å²) >= 11 is 5.14. The highest BCUT2D eigenvalue weighted by Crippen LogP contribution is 2.15. The molecule has 23 heavy (non-hydrogen) atoms. The van der Waals surface area contributed by atoms with E-state index < -0.39 is 0 Å². The van der Waals surface area contributed by atoms with E-state index in [-0.39, 0.29) is 17.1 Å². The Bertz CT molecular complexity index is 716. The summed E-state index contributed by atoms with van der Waals surface area (Å²) in [5.74, 6) is 0.934. The molecule has 1 aromatic heterocycles. The van der Waals surface area contributed by atoms with E-state index in [2.05, 4.69) is 15.6 Å². The molecule has 0 aliphatic carbocycles. The van der Waals surface area contributed by atoms with E-state index in [0.29, 0.717) is 17.1 Å². The number of pyridine rings is 1. The standard InChI is InChI=1S/C17H19N3O2S/c1-11(2)22-14-6-4-5-13(10-14)16(21)20-17(23)19-15-9-12(3)7-8-18-15/h4-11H,1-3H3,(H2,18,19,20,21,23). The Labute approximate surface area is 141 Å². The first-order valence-electron chi connectivity index (χ1n) is 7.26. The van der Waals surface area contributed by atoms with E-state index in [9.17, 15) is 4.79 Å². The van der Waals surface area contributed by atoms with Gasteiger partial charge in [-0.05, 0) is 68.9 Å². The minimum atomic E-state index is -0.302. The van der Waals surface area contributed by atoms with Gasteiger partial charge in [0, 0.05) is 11.8 Å². The van der Waals surface area contributed by atoms with Crippen LogP contribution in [0.4, 0.5) is 5.82 Å². The lowest BCUT2D eigenvalue weighted by Crippen LogP contribution is -2.34. The third-order valence-electron chi connectivity index (χ3n) is 2.85. The third-order valence-corrected chi connectivity index (χ3v) is 3.06. The summed E-state index contributed by atoms with van der Waals surface area (Å²) in [5, 5.41) is 5.72. The summed E-state index contributed by atoms with van der Waals surface area (Å²) < 4.78 is 5.58. The maximum Gasteiger partial charge on any atom is 0.257 e. The molecule has 2 aromatic rings. The van der Waals surface area contributed by atoms with E-state index in [1.807, 2.05) is 39.0 Å². The second-order valence-electron chi connectivity index (χ2n) is 5.32. The van der Waals surface area contributed by atoms with Gasteiger partial charge in [0.2, 0.25) is 0 Å². The molecule has 0 aliphatic rings. The summed E-state index contributed by atoms with van der Waals surface area (Å²) in [5.41, 5.74) is 1.53. The molecule has 6 heteroatoms. The first-order valence-corrected chi connectivity index (χ1v) is 7.66. The Morgan fingerprint density at radius 2 is 2.04 bits per heavy atom. The highest BCUT2D eigenvalue weighted by molar-refractivity contribution is 7.80. The van der Waals surface area contributed by atoms with Gasteiger partial charge in [-0.15, -0.1) is 0 Å². The highest BCUT2D eigenvalue weighted by atomic mass is 32.1. The van der Waals surface area contributed by atoms with Gasteiger partial charge < -0.3 is 10.1 Å². The molecule has 120 valence electrons. The summed E-state index contributed by atoms with van der Waals surface area (Å²) in [6, 6.07) is 10.7. The largest absolute Gasteiger partial charge is 0.491 e. The van der Waals surface area contributed by atoms with Gasteiger partial charge in [0.25, 0.3) is 5.91 Å². The molecule has 2 rings (SSSR count). The van der Waals surface area contributed by atoms with Crippen molar-refractivity contribution in [2.75, 3.05) is 5.32 Å². The average Bonchev–Trinajstić information content (AvgIpc) is 2.46. The maximum absolute atomic E-state index is 12.2. The maximum atomic E-state index is 12.2. The number of nitrogens with zero attached hydrogens (tertiary/aromatic N) is 1. The van der Waals surface area contributed by atoms with Crippen molar-refractivity contribution < 1.29 is 9.53 Å². The fourth-order valence-electron chi connectivity index (χ4n) is 1.91. The van der Waals surface area contributed by atoms with Crippen LogP contribution in [0, 0.1) is 6.92 Å². The molecule has 0 spiro atoms. The molecular weight excluding hydrogens is 310 g/mol. The molecule has 0 atom stereocenters. The van der Waals surface area contributed by atoms with Crippen molar-refractivity contribution in [3.05, 3.63) is 53.7 Å². The Kier molecular flexibility index (Phi) is 5.65. The van der Waals surface area contributed by atoms with Gasteiger partial charge in [-0.2, -0.15) is 0 Å². The molecule has 0 fully saturated rings. The van der Waals surface area contributed by atoms with Crippen molar-refractivity contribution in [3.8, 4) is 5.75 Å². The fourth-order valence-corrected chi connectivity index (χ4v) is 2.11. The molecule has 0 aliphatic heterocycles. The molecule has 0 bridgehead atoms. The van der Waals surface area contributed by atoms with E-state index in [4.69, 9.17) is 17.0 Å². The number of carbonyl (C=O) groups is 1. The third kappa shape index (κ3) is 5.34. The van der Waals surface area contributed by atoms with E-state index in [1.54, 1.807) is 24.4 Å². The zero-order chi connectivity index (χ0) is 16.8. The quantitative estimate of drug-likeness (QED) is 0.843. The van der Waals surface area contributed by atoms with Crippen LogP contribution in [-0.4, -0.2) is 22.1 Å². The number of amides is 1. The van der Waals surface area contributed by atoms with Crippen LogP contribution in [0.1, 0.15) is 29.8 Å². The average molecular weight is 329 g/mol. The van der Waals surface area contributed by atoms with Crippen molar-refractivity contribution in [1.82, 2.24) is 10.3 Å². The number of ether oxygens (including phenoxy) is 1. The number of anilines is 1. The van der Waals surface area contributed by atoms with E-state index in [1.165, 1.54) is 0 Å². The Morgan fingerprint density at radius 1 is 1.26 bits per heavy atom. The molecular formula is C17H19N3O2S. The van der Waals surface area contributed by atoms with Crippen molar-refractivity contribution in [1.29, 1.82) is 0 Å². The lowest BCUT2D eigenvalue weighted by atomic mass is 10.2. The van der Waals surface area contributed by atoms with Crippen LogP contribution in [-0.2, 0) is 0 Å². The van der Waals surface area contributed by atoms with Crippen molar-refractivity contribution >= 4 is 29.1 Å². The van der Waals surface area contributed by atoms with Gasteiger partial charge in [-0.25, -0.2) is 4.98 Å². The Morgan fingerprint density at radius 3 is 2.74 bits per heavy atom. The van der Waals surface area contributed by atoms with E-state index >= 15 is 0 Å². The van der Waals surface area contributed by atoms with Gasteiger partial charge in [0.15, 0.2) is 5.11 Å². The number of aromatic nitrogens is 1. The van der Waals surface area contributed by atoms with Crippen molar-refractivity contribution in [2.45, 2.75) is 26.9 Å². The van der Waals surface area contributed by atoms with Crippen LogP contribution in [0.15, 0.2) is 42.6 Å². The summed E-state index contributed by atoms with van der Waals surface area (Å²) in [7, 11) is 0. The SMILES string of the molecule is Cc1ccnc(NC(=S)NC(=O)c2cccc(OC(C)C)c2)c1. The first-order chi connectivity index (χ1) is 10.9. The zero-order valence-corrected chi connectivity index (χ0v) is 14.1. The minimum Gasteiger partial charge on any atom is -0.491 e. The van der Waals surface area contributed by atoms with Crippen LogP contribution >= 0.6 is 12.2 Å². The van der Waals surface area contributed by atoms with Crippen LogP contribution in [0.25, 0.3) is 0 Å². The number of benzene rings is 1. The van der Waals surface area contributed by atoms with Crippen LogP contribution in [0.5, 0.6) is 5.75 Å². The Balaban J connectivity index is 1.99. The first kappa shape index (κ1) is 16.9. The molecule has 2 N–H and O–H groups in total. The molecule has 1 aromatic carbocycles. The van der Waals surface area contributed by atoms with Gasteiger partial charge in [0.1, 0.15) is 11.6 Å². The smallest absolute Gasteiger partial charge is 0.257 e. The van der Waals surface area contributed by atoms with Crippen molar-refractivity contribution in [3.63, 3.8) is 0 Å². The fraction of sp³-hybridized carbons (Fsp3) is 0.235. The number of hydrogen-bond acceptors (Lipinski definition) is 4. The number of aryl methyl sites for hydroxylation is 1. The molecule has 1 heterocycles.